The van der Waals surface area contributed by atoms with E-state index in [4.69, 9.17) is 27.9 Å². The maximum absolute atomic E-state index is 13.3. The van der Waals surface area contributed by atoms with Crippen LogP contribution in [0.4, 0.5) is 4.39 Å². The lowest BCUT2D eigenvalue weighted by molar-refractivity contribution is -0.130. The third kappa shape index (κ3) is 4.37. The molecule has 1 aliphatic rings. The number of nitrogens with one attached hydrogen (secondary N) is 1. The first-order chi connectivity index (χ1) is 12.5. The van der Waals surface area contributed by atoms with Gasteiger partial charge >= 0.3 is 0 Å². The van der Waals surface area contributed by atoms with Crippen molar-refractivity contribution in [3.63, 3.8) is 0 Å². The number of benzene rings is 2. The SMILES string of the molecule is O=C(NCCc1cc(Cl)cc(Cl)c1)C1(c2ccc(F)cc2)CCOCC1. The number of rotatable bonds is 5. The molecule has 1 amide bonds. The molecule has 1 saturated heterocycles. The predicted molar refractivity (Wildman–Crippen MR) is 101 cm³/mol. The van der Waals surface area contributed by atoms with Crippen LogP contribution in [0.1, 0.15) is 24.0 Å². The summed E-state index contributed by atoms with van der Waals surface area (Å²) in [7, 11) is 0. The van der Waals surface area contributed by atoms with Crippen molar-refractivity contribution in [3.05, 3.63) is 69.5 Å². The molecule has 1 heterocycles. The van der Waals surface area contributed by atoms with Gasteiger partial charge in [0, 0.05) is 29.8 Å². The van der Waals surface area contributed by atoms with Crippen molar-refractivity contribution in [1.82, 2.24) is 5.32 Å². The van der Waals surface area contributed by atoms with Gasteiger partial charge in [0.15, 0.2) is 0 Å². The summed E-state index contributed by atoms with van der Waals surface area (Å²) in [4.78, 5) is 13.0. The molecule has 0 atom stereocenters. The Bertz CT molecular complexity index is 754. The molecule has 1 fully saturated rings. The average Bonchev–Trinajstić information content (AvgIpc) is 2.62. The maximum atomic E-state index is 13.3. The lowest BCUT2D eigenvalue weighted by Gasteiger charge is -2.36. The summed E-state index contributed by atoms with van der Waals surface area (Å²) >= 11 is 12.0. The highest BCUT2D eigenvalue weighted by atomic mass is 35.5. The molecular weight excluding hydrogens is 376 g/mol. The third-order valence-electron chi connectivity index (χ3n) is 4.80. The van der Waals surface area contributed by atoms with E-state index >= 15 is 0 Å². The number of amides is 1. The van der Waals surface area contributed by atoms with E-state index in [9.17, 15) is 9.18 Å². The van der Waals surface area contributed by atoms with Gasteiger partial charge in [-0.2, -0.15) is 0 Å². The van der Waals surface area contributed by atoms with Crippen LogP contribution in [0.2, 0.25) is 10.0 Å². The van der Waals surface area contributed by atoms with E-state index < -0.39 is 5.41 Å². The van der Waals surface area contributed by atoms with Gasteiger partial charge in [-0.1, -0.05) is 35.3 Å². The molecule has 0 bridgehead atoms. The summed E-state index contributed by atoms with van der Waals surface area (Å²) in [6, 6.07) is 11.5. The molecule has 0 unspecified atom stereocenters. The van der Waals surface area contributed by atoms with E-state index in [2.05, 4.69) is 5.32 Å². The minimum Gasteiger partial charge on any atom is -0.381 e. The third-order valence-corrected chi connectivity index (χ3v) is 5.24. The van der Waals surface area contributed by atoms with Gasteiger partial charge < -0.3 is 10.1 Å². The van der Waals surface area contributed by atoms with Crippen molar-refractivity contribution in [2.24, 2.45) is 0 Å². The van der Waals surface area contributed by atoms with Crippen LogP contribution in [-0.4, -0.2) is 25.7 Å². The van der Waals surface area contributed by atoms with Gasteiger partial charge in [0.2, 0.25) is 5.91 Å². The lowest BCUT2D eigenvalue weighted by atomic mass is 9.73. The quantitative estimate of drug-likeness (QED) is 0.806. The number of ether oxygens (including phenoxy) is 1. The molecule has 1 N–H and O–H groups in total. The Labute approximate surface area is 162 Å². The largest absolute Gasteiger partial charge is 0.381 e. The highest BCUT2D eigenvalue weighted by molar-refractivity contribution is 6.34. The highest BCUT2D eigenvalue weighted by Gasteiger charge is 2.41. The molecule has 0 spiro atoms. The van der Waals surface area contributed by atoms with Gasteiger partial charge in [0.1, 0.15) is 5.82 Å². The fourth-order valence-corrected chi connectivity index (χ4v) is 3.95. The van der Waals surface area contributed by atoms with Crippen LogP contribution in [-0.2, 0) is 21.4 Å². The fraction of sp³-hybridized carbons (Fsp3) is 0.350. The number of halogens is 3. The van der Waals surface area contributed by atoms with Crippen LogP contribution in [0.15, 0.2) is 42.5 Å². The van der Waals surface area contributed by atoms with Crippen molar-refractivity contribution in [1.29, 1.82) is 0 Å². The Morgan fingerprint density at radius 1 is 1.08 bits per heavy atom. The monoisotopic (exact) mass is 395 g/mol. The van der Waals surface area contributed by atoms with E-state index in [1.165, 1.54) is 12.1 Å². The Balaban J connectivity index is 1.71. The van der Waals surface area contributed by atoms with E-state index in [0.717, 1.165) is 11.1 Å². The van der Waals surface area contributed by atoms with Crippen LogP contribution in [0.5, 0.6) is 0 Å². The zero-order valence-electron chi connectivity index (χ0n) is 14.2. The van der Waals surface area contributed by atoms with Crippen LogP contribution >= 0.6 is 23.2 Å². The molecule has 0 aliphatic carbocycles. The predicted octanol–water partition coefficient (Wildman–Crippen LogP) is 4.54. The van der Waals surface area contributed by atoms with Gasteiger partial charge in [-0.3, -0.25) is 4.79 Å². The minimum atomic E-state index is -0.683. The fourth-order valence-electron chi connectivity index (χ4n) is 3.38. The zero-order chi connectivity index (χ0) is 18.6. The Morgan fingerprint density at radius 3 is 2.31 bits per heavy atom. The van der Waals surface area contributed by atoms with E-state index in [1.54, 1.807) is 18.2 Å². The Kier molecular flexibility index (Phi) is 6.17. The van der Waals surface area contributed by atoms with Crippen molar-refractivity contribution in [2.45, 2.75) is 24.7 Å². The second kappa shape index (κ2) is 8.38. The molecule has 6 heteroatoms. The van der Waals surface area contributed by atoms with E-state index in [0.29, 0.717) is 49.1 Å². The van der Waals surface area contributed by atoms with Crippen molar-refractivity contribution in [2.75, 3.05) is 19.8 Å². The smallest absolute Gasteiger partial charge is 0.230 e. The molecule has 138 valence electrons. The van der Waals surface area contributed by atoms with Gasteiger partial charge in [-0.15, -0.1) is 0 Å². The topological polar surface area (TPSA) is 38.3 Å². The highest BCUT2D eigenvalue weighted by Crippen LogP contribution is 2.35. The Morgan fingerprint density at radius 2 is 1.69 bits per heavy atom. The average molecular weight is 396 g/mol. The molecule has 1 aliphatic heterocycles. The molecular formula is C20H20Cl2FNO2. The standard InChI is InChI=1S/C20H20Cl2FNO2/c21-16-11-14(12-17(22)13-16)5-8-24-19(25)20(6-9-26-10-7-20)15-1-3-18(23)4-2-15/h1-4,11-13H,5-10H2,(H,24,25). The molecule has 0 aromatic heterocycles. The zero-order valence-corrected chi connectivity index (χ0v) is 15.7. The van der Waals surface area contributed by atoms with Gasteiger partial charge in [-0.05, 0) is 60.7 Å². The maximum Gasteiger partial charge on any atom is 0.230 e. The summed E-state index contributed by atoms with van der Waals surface area (Å²) in [6.07, 6.45) is 1.78. The van der Waals surface area contributed by atoms with Gasteiger partial charge in [0.05, 0.1) is 5.41 Å². The molecule has 3 nitrogen and oxygen atoms in total. The first-order valence-corrected chi connectivity index (χ1v) is 9.32. The van der Waals surface area contributed by atoms with Crippen molar-refractivity contribution >= 4 is 29.1 Å². The summed E-state index contributed by atoms with van der Waals surface area (Å²) in [6.45, 7) is 1.49. The first-order valence-electron chi connectivity index (χ1n) is 8.57. The van der Waals surface area contributed by atoms with Crippen LogP contribution in [0.25, 0.3) is 0 Å². The minimum absolute atomic E-state index is 0.0551. The second-order valence-corrected chi connectivity index (χ2v) is 7.36. The van der Waals surface area contributed by atoms with Gasteiger partial charge in [-0.25, -0.2) is 4.39 Å². The van der Waals surface area contributed by atoms with Crippen molar-refractivity contribution < 1.29 is 13.9 Å². The van der Waals surface area contributed by atoms with Crippen LogP contribution in [0.3, 0.4) is 0 Å². The molecule has 3 rings (SSSR count). The second-order valence-electron chi connectivity index (χ2n) is 6.48. The van der Waals surface area contributed by atoms with Crippen LogP contribution in [0, 0.1) is 5.82 Å². The normalized spacial score (nSPS) is 16.3. The Hall–Kier alpha value is -1.62. The summed E-state index contributed by atoms with van der Waals surface area (Å²) in [5, 5.41) is 4.17. The van der Waals surface area contributed by atoms with E-state index in [1.807, 2.05) is 12.1 Å². The summed E-state index contributed by atoms with van der Waals surface area (Å²) in [5.41, 5.74) is 1.11. The number of hydrogen-bond donors (Lipinski definition) is 1. The van der Waals surface area contributed by atoms with E-state index in [-0.39, 0.29) is 11.7 Å². The van der Waals surface area contributed by atoms with Crippen LogP contribution < -0.4 is 5.32 Å². The number of carbonyl (C=O) groups is 1. The molecule has 2 aromatic carbocycles. The summed E-state index contributed by atoms with van der Waals surface area (Å²) < 4.78 is 18.7. The molecule has 0 radical (unpaired) electrons. The van der Waals surface area contributed by atoms with Gasteiger partial charge in [0.25, 0.3) is 0 Å². The number of carbonyl (C=O) groups excluding carboxylic acids is 1. The molecule has 2 aromatic rings. The molecule has 26 heavy (non-hydrogen) atoms. The number of hydrogen-bond acceptors (Lipinski definition) is 2. The first kappa shape index (κ1) is 19.2. The molecule has 0 saturated carbocycles. The van der Waals surface area contributed by atoms with Crippen molar-refractivity contribution in [3.8, 4) is 0 Å². The lowest BCUT2D eigenvalue weighted by Crippen LogP contribution is -2.48. The summed E-state index contributed by atoms with van der Waals surface area (Å²) in [5.74, 6) is -0.366.